The number of carbonyl (C=O) groups is 2. The summed E-state index contributed by atoms with van der Waals surface area (Å²) >= 11 is 0. The van der Waals surface area contributed by atoms with Crippen LogP contribution >= 0.6 is 0 Å². The van der Waals surface area contributed by atoms with Gasteiger partial charge in [0.15, 0.2) is 0 Å². The molecule has 0 unspecified atom stereocenters. The van der Waals surface area contributed by atoms with E-state index in [1.54, 1.807) is 29.6 Å². The maximum atomic E-state index is 12.3. The summed E-state index contributed by atoms with van der Waals surface area (Å²) in [6.45, 7) is 4.48. The summed E-state index contributed by atoms with van der Waals surface area (Å²) in [5.74, 6) is 0.513. The second kappa shape index (κ2) is 7.31. The SMILES string of the molecule is CC(=O)N1CC(=CC(=O)Nc2cc3cc(-c4cnccc4C)nc(N)c3cn2)C1. The summed E-state index contributed by atoms with van der Waals surface area (Å²) in [7, 11) is 0. The first-order chi connectivity index (χ1) is 13.9. The maximum Gasteiger partial charge on any atom is 0.249 e. The zero-order valence-corrected chi connectivity index (χ0v) is 16.1. The minimum Gasteiger partial charge on any atom is -0.383 e. The number of rotatable bonds is 3. The molecular weight excluding hydrogens is 368 g/mol. The summed E-state index contributed by atoms with van der Waals surface area (Å²) in [6, 6.07) is 5.58. The lowest BCUT2D eigenvalue weighted by molar-refractivity contribution is -0.130. The molecule has 0 atom stereocenters. The van der Waals surface area contributed by atoms with Crippen LogP contribution in [0.25, 0.3) is 22.0 Å². The van der Waals surface area contributed by atoms with Gasteiger partial charge in [-0.3, -0.25) is 14.6 Å². The van der Waals surface area contributed by atoms with Gasteiger partial charge in [0.25, 0.3) is 0 Å². The van der Waals surface area contributed by atoms with Crippen LogP contribution in [0.5, 0.6) is 0 Å². The molecule has 0 spiro atoms. The third-order valence-electron chi connectivity index (χ3n) is 4.88. The molecule has 0 radical (unpaired) electrons. The fourth-order valence-electron chi connectivity index (χ4n) is 3.22. The number of hydrogen-bond acceptors (Lipinski definition) is 6. The van der Waals surface area contributed by atoms with Gasteiger partial charge in [-0.1, -0.05) is 0 Å². The molecule has 1 aliphatic rings. The van der Waals surface area contributed by atoms with E-state index in [4.69, 9.17) is 5.73 Å². The van der Waals surface area contributed by atoms with Gasteiger partial charge in [-0.15, -0.1) is 0 Å². The number of likely N-dealkylation sites (tertiary alicyclic amines) is 1. The molecule has 3 aromatic heterocycles. The quantitative estimate of drug-likeness (QED) is 0.666. The van der Waals surface area contributed by atoms with Gasteiger partial charge in [0.1, 0.15) is 11.6 Å². The van der Waals surface area contributed by atoms with Crippen molar-refractivity contribution in [3.05, 3.63) is 54.0 Å². The molecule has 0 bridgehead atoms. The van der Waals surface area contributed by atoms with Gasteiger partial charge in [-0.05, 0) is 41.6 Å². The Balaban J connectivity index is 1.59. The van der Waals surface area contributed by atoms with E-state index in [9.17, 15) is 9.59 Å². The van der Waals surface area contributed by atoms with Gasteiger partial charge in [-0.2, -0.15) is 0 Å². The molecule has 2 amide bonds. The highest BCUT2D eigenvalue weighted by Gasteiger charge is 2.22. The number of anilines is 2. The van der Waals surface area contributed by atoms with Gasteiger partial charge in [0.05, 0.1) is 5.69 Å². The summed E-state index contributed by atoms with van der Waals surface area (Å²) in [4.78, 5) is 38.0. The summed E-state index contributed by atoms with van der Waals surface area (Å²) in [6.07, 6.45) is 6.59. The first-order valence-electron chi connectivity index (χ1n) is 9.14. The molecule has 0 saturated carbocycles. The Morgan fingerprint density at radius 3 is 2.76 bits per heavy atom. The number of carbonyl (C=O) groups excluding carboxylic acids is 2. The monoisotopic (exact) mass is 388 g/mol. The lowest BCUT2D eigenvalue weighted by Crippen LogP contribution is -2.43. The van der Waals surface area contributed by atoms with E-state index in [1.165, 1.54) is 13.0 Å². The predicted molar refractivity (Wildman–Crippen MR) is 111 cm³/mol. The van der Waals surface area contributed by atoms with Crippen molar-refractivity contribution in [2.45, 2.75) is 13.8 Å². The maximum absolute atomic E-state index is 12.3. The van der Waals surface area contributed by atoms with E-state index in [2.05, 4.69) is 20.3 Å². The largest absolute Gasteiger partial charge is 0.383 e. The predicted octanol–water partition coefficient (Wildman–Crippen LogP) is 2.31. The molecule has 1 fully saturated rings. The van der Waals surface area contributed by atoms with E-state index in [0.717, 1.165) is 22.1 Å². The van der Waals surface area contributed by atoms with Crippen molar-refractivity contribution < 1.29 is 9.59 Å². The van der Waals surface area contributed by atoms with Crippen LogP contribution in [-0.4, -0.2) is 44.8 Å². The van der Waals surface area contributed by atoms with Crippen LogP contribution < -0.4 is 11.1 Å². The summed E-state index contributed by atoms with van der Waals surface area (Å²) in [5, 5.41) is 4.29. The van der Waals surface area contributed by atoms with E-state index < -0.39 is 0 Å². The number of nitrogens with two attached hydrogens (primary N) is 1. The minimum absolute atomic E-state index is 0.00427. The second-order valence-electron chi connectivity index (χ2n) is 7.04. The molecule has 8 nitrogen and oxygen atoms in total. The highest BCUT2D eigenvalue weighted by molar-refractivity contribution is 6.01. The lowest BCUT2D eigenvalue weighted by atomic mass is 10.1. The van der Waals surface area contributed by atoms with Crippen LogP contribution in [0.15, 0.2) is 48.4 Å². The number of nitrogens with one attached hydrogen (secondary N) is 1. The average Bonchev–Trinajstić information content (AvgIpc) is 2.64. The molecule has 1 saturated heterocycles. The fourth-order valence-corrected chi connectivity index (χ4v) is 3.22. The molecule has 8 heteroatoms. The molecule has 4 rings (SSSR count). The summed E-state index contributed by atoms with van der Waals surface area (Å²) in [5.41, 5.74) is 9.68. The van der Waals surface area contributed by atoms with E-state index >= 15 is 0 Å². The zero-order chi connectivity index (χ0) is 20.5. The van der Waals surface area contributed by atoms with Gasteiger partial charge in [0, 0.05) is 55.6 Å². The molecular formula is C21H20N6O2. The lowest BCUT2D eigenvalue weighted by Gasteiger charge is -2.32. The molecule has 4 heterocycles. The Morgan fingerprint density at radius 1 is 1.24 bits per heavy atom. The number of pyridine rings is 3. The number of nitrogens with zero attached hydrogens (tertiary/aromatic N) is 4. The van der Waals surface area contributed by atoms with Gasteiger partial charge >= 0.3 is 0 Å². The zero-order valence-electron chi connectivity index (χ0n) is 16.1. The first-order valence-corrected chi connectivity index (χ1v) is 9.14. The topological polar surface area (TPSA) is 114 Å². The number of fused-ring (bicyclic) bond motifs is 1. The number of aromatic nitrogens is 3. The van der Waals surface area contributed by atoms with Crippen molar-refractivity contribution in [3.63, 3.8) is 0 Å². The van der Waals surface area contributed by atoms with Crippen molar-refractivity contribution in [2.75, 3.05) is 24.1 Å². The van der Waals surface area contributed by atoms with Crippen LogP contribution in [0.2, 0.25) is 0 Å². The molecule has 3 N–H and O–H groups in total. The Kier molecular flexibility index (Phi) is 4.67. The number of amides is 2. The number of hydrogen-bond donors (Lipinski definition) is 2. The normalized spacial score (nSPS) is 13.2. The third kappa shape index (κ3) is 3.77. The van der Waals surface area contributed by atoms with E-state index in [1.807, 2.05) is 19.1 Å². The molecule has 0 aromatic carbocycles. The smallest absolute Gasteiger partial charge is 0.249 e. The standard InChI is InChI=1S/C21H20N6O2/c1-12-3-4-23-8-16(12)18-6-15-7-19(24-9-17(15)21(22)25-18)26-20(29)5-14-10-27(11-14)13(2)28/h3-9H,10-11H2,1-2H3,(H2,22,25)(H,24,26,29). The third-order valence-corrected chi connectivity index (χ3v) is 4.88. The molecule has 1 aliphatic heterocycles. The van der Waals surface area contributed by atoms with Crippen molar-refractivity contribution in [3.8, 4) is 11.3 Å². The van der Waals surface area contributed by atoms with Crippen LogP contribution in [0, 0.1) is 6.92 Å². The Hall–Kier alpha value is -3.81. The van der Waals surface area contributed by atoms with Gasteiger partial charge in [-0.25, -0.2) is 9.97 Å². The van der Waals surface area contributed by atoms with E-state index in [0.29, 0.717) is 35.8 Å². The van der Waals surface area contributed by atoms with Crippen LogP contribution in [0.4, 0.5) is 11.6 Å². The highest BCUT2D eigenvalue weighted by Crippen LogP contribution is 2.28. The van der Waals surface area contributed by atoms with Gasteiger partial charge < -0.3 is 16.0 Å². The fraction of sp³-hybridized carbons (Fsp3) is 0.190. The second-order valence-corrected chi connectivity index (χ2v) is 7.04. The van der Waals surface area contributed by atoms with Crippen molar-refractivity contribution >= 4 is 34.2 Å². The molecule has 3 aromatic rings. The number of aryl methyl sites for hydroxylation is 1. The Labute approximate surface area is 167 Å². The first kappa shape index (κ1) is 18.5. The van der Waals surface area contributed by atoms with E-state index in [-0.39, 0.29) is 11.8 Å². The Bertz CT molecular complexity index is 1160. The van der Waals surface area contributed by atoms with Gasteiger partial charge in [0.2, 0.25) is 11.8 Å². The highest BCUT2D eigenvalue weighted by atomic mass is 16.2. The van der Waals surface area contributed by atoms with Crippen molar-refractivity contribution in [1.29, 1.82) is 0 Å². The van der Waals surface area contributed by atoms with Crippen LogP contribution in [0.3, 0.4) is 0 Å². The molecule has 146 valence electrons. The van der Waals surface area contributed by atoms with Crippen LogP contribution in [0.1, 0.15) is 12.5 Å². The molecule has 0 aliphatic carbocycles. The Morgan fingerprint density at radius 2 is 2.03 bits per heavy atom. The van der Waals surface area contributed by atoms with Crippen LogP contribution in [-0.2, 0) is 9.59 Å². The average molecular weight is 388 g/mol. The van der Waals surface area contributed by atoms with Crippen molar-refractivity contribution in [2.24, 2.45) is 0 Å². The number of nitrogen functional groups attached to an aromatic ring is 1. The molecule has 29 heavy (non-hydrogen) atoms. The van der Waals surface area contributed by atoms with Crippen molar-refractivity contribution in [1.82, 2.24) is 19.9 Å². The minimum atomic E-state index is -0.277. The summed E-state index contributed by atoms with van der Waals surface area (Å²) < 4.78 is 0.